The molecule has 1 radical (unpaired) electrons. The summed E-state index contributed by atoms with van der Waals surface area (Å²) in [5.41, 5.74) is 1.06. The van der Waals surface area contributed by atoms with Crippen LogP contribution in [0.1, 0.15) is 18.9 Å². The second kappa shape index (κ2) is 3.85. The second-order valence-electron chi connectivity index (χ2n) is 2.59. The van der Waals surface area contributed by atoms with Gasteiger partial charge in [-0.15, -0.1) is 0 Å². The Labute approximate surface area is 71.2 Å². The largest absolute Gasteiger partial charge is 0.277 e. The van der Waals surface area contributed by atoms with Crippen molar-refractivity contribution in [2.75, 3.05) is 0 Å². The predicted molar refractivity (Wildman–Crippen MR) is 45.9 cm³/mol. The van der Waals surface area contributed by atoms with Crippen molar-refractivity contribution in [3.05, 3.63) is 39.9 Å². The van der Waals surface area contributed by atoms with E-state index in [0.29, 0.717) is 0 Å². The lowest BCUT2D eigenvalue weighted by atomic mass is 10.1. The normalized spacial score (nSPS) is 9.75. The van der Waals surface area contributed by atoms with Crippen LogP contribution in [-0.2, 0) is 6.42 Å². The van der Waals surface area contributed by atoms with Crippen molar-refractivity contribution >= 4 is 5.69 Å². The highest BCUT2D eigenvalue weighted by molar-refractivity contribution is 5.32. The van der Waals surface area contributed by atoms with Gasteiger partial charge in [0.2, 0.25) is 0 Å². The monoisotopic (exact) mass is 164 g/mol. The number of aryl methyl sites for hydroxylation is 1. The van der Waals surface area contributed by atoms with Crippen molar-refractivity contribution in [1.82, 2.24) is 0 Å². The van der Waals surface area contributed by atoms with E-state index in [4.69, 9.17) is 0 Å². The summed E-state index contributed by atoms with van der Waals surface area (Å²) in [6.07, 6.45) is 1.89. The van der Waals surface area contributed by atoms with Gasteiger partial charge in [-0.2, -0.15) is 0 Å². The Balaban J connectivity index is 2.88. The Bertz CT molecular complexity index is 284. The van der Waals surface area contributed by atoms with Gasteiger partial charge in [-0.25, -0.2) is 0 Å². The van der Waals surface area contributed by atoms with Crippen molar-refractivity contribution in [1.29, 1.82) is 0 Å². The minimum absolute atomic E-state index is 0.0564. The summed E-state index contributed by atoms with van der Waals surface area (Å²) < 4.78 is 0. The Morgan fingerprint density at radius 1 is 1.67 bits per heavy atom. The van der Waals surface area contributed by atoms with Crippen molar-refractivity contribution < 1.29 is 4.92 Å². The molecule has 0 atom stereocenters. The lowest BCUT2D eigenvalue weighted by Gasteiger charge is -1.96. The first-order valence-electron chi connectivity index (χ1n) is 3.89. The Morgan fingerprint density at radius 3 is 3.00 bits per heavy atom. The molecule has 12 heavy (non-hydrogen) atoms. The van der Waals surface area contributed by atoms with E-state index in [0.717, 1.165) is 18.4 Å². The molecule has 0 aromatic heterocycles. The molecule has 0 aliphatic rings. The maximum absolute atomic E-state index is 10.3. The molecule has 0 heterocycles. The molecular weight excluding hydrogens is 154 g/mol. The van der Waals surface area contributed by atoms with E-state index in [1.54, 1.807) is 12.1 Å². The molecule has 0 fully saturated rings. The van der Waals surface area contributed by atoms with Crippen molar-refractivity contribution in [3.8, 4) is 0 Å². The number of nitrogens with zero attached hydrogens (tertiary/aromatic N) is 1. The highest BCUT2D eigenvalue weighted by Crippen LogP contribution is 2.13. The SMILES string of the molecule is CCCc1cc[c]c([N+](=O)[O-])c1. The zero-order valence-electron chi connectivity index (χ0n) is 6.91. The quantitative estimate of drug-likeness (QED) is 0.508. The van der Waals surface area contributed by atoms with Gasteiger partial charge in [-0.1, -0.05) is 19.4 Å². The van der Waals surface area contributed by atoms with E-state index in [-0.39, 0.29) is 5.69 Å². The summed E-state index contributed by atoms with van der Waals surface area (Å²) in [6.45, 7) is 2.04. The van der Waals surface area contributed by atoms with Gasteiger partial charge in [0.05, 0.1) is 11.0 Å². The topological polar surface area (TPSA) is 43.1 Å². The van der Waals surface area contributed by atoms with Crippen molar-refractivity contribution in [3.63, 3.8) is 0 Å². The zero-order chi connectivity index (χ0) is 8.97. The van der Waals surface area contributed by atoms with Gasteiger partial charge in [0.15, 0.2) is 0 Å². The average Bonchev–Trinajstić information content (AvgIpc) is 2.05. The maximum Gasteiger partial charge on any atom is 0.277 e. The summed E-state index contributed by atoms with van der Waals surface area (Å²) in [4.78, 5) is 9.91. The zero-order valence-corrected chi connectivity index (χ0v) is 6.91. The fourth-order valence-corrected chi connectivity index (χ4v) is 1.05. The van der Waals surface area contributed by atoms with Crippen LogP contribution < -0.4 is 0 Å². The molecule has 0 spiro atoms. The smallest absolute Gasteiger partial charge is 0.258 e. The van der Waals surface area contributed by atoms with Crippen LogP contribution in [0.4, 0.5) is 5.69 Å². The first kappa shape index (κ1) is 8.71. The van der Waals surface area contributed by atoms with E-state index in [9.17, 15) is 10.1 Å². The van der Waals surface area contributed by atoms with E-state index < -0.39 is 4.92 Å². The fourth-order valence-electron chi connectivity index (χ4n) is 1.05. The van der Waals surface area contributed by atoms with Gasteiger partial charge in [-0.3, -0.25) is 10.1 Å². The Hall–Kier alpha value is -1.38. The number of nitro groups is 1. The van der Waals surface area contributed by atoms with Gasteiger partial charge in [-0.05, 0) is 18.1 Å². The van der Waals surface area contributed by atoms with Gasteiger partial charge in [0.1, 0.15) is 0 Å². The molecule has 1 aromatic carbocycles. The van der Waals surface area contributed by atoms with Crippen LogP contribution in [0.2, 0.25) is 0 Å². The van der Waals surface area contributed by atoms with E-state index >= 15 is 0 Å². The summed E-state index contributed by atoms with van der Waals surface area (Å²) in [5, 5.41) is 10.3. The van der Waals surface area contributed by atoms with E-state index in [1.807, 2.05) is 13.0 Å². The first-order chi connectivity index (χ1) is 5.74. The number of nitro benzene ring substituents is 1. The fraction of sp³-hybridized carbons (Fsp3) is 0.333. The van der Waals surface area contributed by atoms with Gasteiger partial charge in [0.25, 0.3) is 5.69 Å². The third kappa shape index (κ3) is 2.05. The molecule has 0 N–H and O–H groups in total. The van der Waals surface area contributed by atoms with Crippen LogP contribution in [0.5, 0.6) is 0 Å². The van der Waals surface area contributed by atoms with Crippen LogP contribution in [0, 0.1) is 16.2 Å². The molecule has 3 nitrogen and oxygen atoms in total. The molecule has 63 valence electrons. The standard InChI is InChI=1S/C9H10NO2/c1-2-4-8-5-3-6-9(7-8)10(11)12/h3,5,7H,2,4H2,1H3. The van der Waals surface area contributed by atoms with Crippen molar-refractivity contribution in [2.24, 2.45) is 0 Å². The summed E-state index contributed by atoms with van der Waals surface area (Å²) >= 11 is 0. The third-order valence-corrected chi connectivity index (χ3v) is 1.59. The van der Waals surface area contributed by atoms with E-state index in [1.165, 1.54) is 0 Å². The van der Waals surface area contributed by atoms with Crippen LogP contribution in [0.25, 0.3) is 0 Å². The van der Waals surface area contributed by atoms with Gasteiger partial charge < -0.3 is 0 Å². The molecule has 0 unspecified atom stereocenters. The molecule has 0 bridgehead atoms. The third-order valence-electron chi connectivity index (χ3n) is 1.59. The summed E-state index contributed by atoms with van der Waals surface area (Å²) in [5.74, 6) is 0. The van der Waals surface area contributed by atoms with Gasteiger partial charge >= 0.3 is 0 Å². The highest BCUT2D eigenvalue weighted by atomic mass is 16.6. The second-order valence-corrected chi connectivity index (χ2v) is 2.59. The number of non-ortho nitro benzene ring substituents is 1. The van der Waals surface area contributed by atoms with Crippen LogP contribution in [0.3, 0.4) is 0 Å². The molecule has 1 aromatic rings. The summed E-state index contributed by atoms with van der Waals surface area (Å²) in [7, 11) is 0. The van der Waals surface area contributed by atoms with Crippen LogP contribution in [-0.4, -0.2) is 4.92 Å². The molecule has 0 amide bonds. The number of rotatable bonds is 3. The Kier molecular flexibility index (Phi) is 2.80. The number of hydrogen-bond acceptors (Lipinski definition) is 2. The molecule has 3 heteroatoms. The van der Waals surface area contributed by atoms with Gasteiger partial charge in [0, 0.05) is 6.07 Å². The molecule has 0 saturated carbocycles. The average molecular weight is 164 g/mol. The summed E-state index contributed by atoms with van der Waals surface area (Å²) in [6, 6.07) is 7.60. The predicted octanol–water partition coefficient (Wildman–Crippen LogP) is 2.35. The number of hydrogen-bond donors (Lipinski definition) is 0. The Morgan fingerprint density at radius 2 is 2.42 bits per heavy atom. The van der Waals surface area contributed by atoms with Crippen molar-refractivity contribution in [2.45, 2.75) is 19.8 Å². The molecule has 0 aliphatic carbocycles. The minimum atomic E-state index is -0.418. The maximum atomic E-state index is 10.3. The molecule has 0 saturated heterocycles. The van der Waals surface area contributed by atoms with Crippen LogP contribution in [0.15, 0.2) is 18.2 Å². The van der Waals surface area contributed by atoms with E-state index in [2.05, 4.69) is 6.07 Å². The van der Waals surface area contributed by atoms with Crippen LogP contribution >= 0.6 is 0 Å². The number of benzene rings is 1. The lowest BCUT2D eigenvalue weighted by Crippen LogP contribution is -1.90. The molecule has 0 aliphatic heterocycles. The highest BCUT2D eigenvalue weighted by Gasteiger charge is 2.04. The molecule has 1 rings (SSSR count). The lowest BCUT2D eigenvalue weighted by molar-refractivity contribution is -0.385. The first-order valence-corrected chi connectivity index (χ1v) is 3.89. The minimum Gasteiger partial charge on any atom is -0.258 e. The molecular formula is C9H10NO2.